The standard InChI is InChI=1S/C15H17N3OS/c1-2-11-8-19-9-12(11)7-10(1)15-18-17-14(20-15)5-6-16-13-3-4-13/h1-2,7,13,16H,3-6,8-9H2. The molecule has 1 aliphatic carbocycles. The van der Waals surface area contributed by atoms with E-state index in [4.69, 9.17) is 4.74 Å². The summed E-state index contributed by atoms with van der Waals surface area (Å²) in [4.78, 5) is 0. The summed E-state index contributed by atoms with van der Waals surface area (Å²) >= 11 is 1.70. The minimum Gasteiger partial charge on any atom is -0.372 e. The SMILES string of the molecule is c1cc2c(cc1-c1nnc(CCNC3CC3)s1)COC2. The summed E-state index contributed by atoms with van der Waals surface area (Å²) in [6.45, 7) is 2.47. The van der Waals surface area contributed by atoms with Gasteiger partial charge >= 0.3 is 0 Å². The number of nitrogens with one attached hydrogen (secondary N) is 1. The zero-order valence-electron chi connectivity index (χ0n) is 11.3. The van der Waals surface area contributed by atoms with Gasteiger partial charge in [-0.3, -0.25) is 0 Å². The average Bonchev–Trinajstić information content (AvgIpc) is 2.99. The summed E-state index contributed by atoms with van der Waals surface area (Å²) in [6, 6.07) is 7.22. The van der Waals surface area contributed by atoms with Gasteiger partial charge in [0.15, 0.2) is 0 Å². The number of fused-ring (bicyclic) bond motifs is 1. The zero-order valence-corrected chi connectivity index (χ0v) is 12.1. The van der Waals surface area contributed by atoms with E-state index in [9.17, 15) is 0 Å². The summed E-state index contributed by atoms with van der Waals surface area (Å²) in [5, 5.41) is 14.3. The van der Waals surface area contributed by atoms with Crippen LogP contribution in [-0.2, 0) is 24.4 Å². The lowest BCUT2D eigenvalue weighted by atomic mass is 10.1. The molecule has 1 aliphatic heterocycles. The summed E-state index contributed by atoms with van der Waals surface area (Å²) in [6.07, 6.45) is 3.64. The maximum absolute atomic E-state index is 5.45. The Morgan fingerprint density at radius 3 is 3.00 bits per heavy atom. The Kier molecular flexibility index (Phi) is 3.26. The Hall–Kier alpha value is -1.30. The van der Waals surface area contributed by atoms with Crippen molar-refractivity contribution in [3.8, 4) is 10.6 Å². The Bertz CT molecular complexity index is 621. The summed E-state index contributed by atoms with van der Waals surface area (Å²) in [5.41, 5.74) is 3.75. The second kappa shape index (κ2) is 5.24. The van der Waals surface area contributed by atoms with E-state index < -0.39 is 0 Å². The third kappa shape index (κ3) is 2.61. The molecule has 1 fully saturated rings. The predicted molar refractivity (Wildman–Crippen MR) is 78.6 cm³/mol. The number of aromatic nitrogens is 2. The third-order valence-corrected chi connectivity index (χ3v) is 4.82. The largest absolute Gasteiger partial charge is 0.372 e. The molecule has 4 nitrogen and oxygen atoms in total. The summed E-state index contributed by atoms with van der Waals surface area (Å²) in [7, 11) is 0. The first-order valence-corrected chi connectivity index (χ1v) is 7.96. The topological polar surface area (TPSA) is 47.0 Å². The van der Waals surface area contributed by atoms with Gasteiger partial charge in [-0.05, 0) is 30.0 Å². The maximum atomic E-state index is 5.45. The van der Waals surface area contributed by atoms with Gasteiger partial charge in [0.2, 0.25) is 0 Å². The van der Waals surface area contributed by atoms with Crippen LogP contribution in [0.25, 0.3) is 10.6 Å². The van der Waals surface area contributed by atoms with Crippen molar-refractivity contribution in [2.45, 2.75) is 38.5 Å². The van der Waals surface area contributed by atoms with Gasteiger partial charge in [-0.15, -0.1) is 10.2 Å². The molecule has 1 aromatic heterocycles. The molecule has 0 unspecified atom stereocenters. The molecule has 1 saturated carbocycles. The minimum atomic E-state index is 0.722. The fourth-order valence-corrected chi connectivity index (χ4v) is 3.28. The monoisotopic (exact) mass is 287 g/mol. The van der Waals surface area contributed by atoms with Crippen molar-refractivity contribution >= 4 is 11.3 Å². The number of rotatable bonds is 5. The lowest BCUT2D eigenvalue weighted by Gasteiger charge is -2.00. The molecule has 2 heterocycles. The molecule has 2 aliphatic rings. The highest BCUT2D eigenvalue weighted by Crippen LogP contribution is 2.29. The highest BCUT2D eigenvalue weighted by molar-refractivity contribution is 7.14. The first-order chi connectivity index (χ1) is 9.88. The van der Waals surface area contributed by atoms with Crippen LogP contribution in [0.15, 0.2) is 18.2 Å². The average molecular weight is 287 g/mol. The van der Waals surface area contributed by atoms with Crippen molar-refractivity contribution in [2.75, 3.05) is 6.54 Å². The van der Waals surface area contributed by atoms with Crippen LogP contribution in [0, 0.1) is 0 Å². The van der Waals surface area contributed by atoms with Gasteiger partial charge in [0, 0.05) is 24.6 Å². The van der Waals surface area contributed by atoms with Gasteiger partial charge in [-0.25, -0.2) is 0 Å². The zero-order chi connectivity index (χ0) is 13.4. The molecule has 0 atom stereocenters. The van der Waals surface area contributed by atoms with E-state index in [1.807, 2.05) is 0 Å². The van der Waals surface area contributed by atoms with Crippen LogP contribution < -0.4 is 5.32 Å². The third-order valence-electron chi connectivity index (χ3n) is 3.78. The van der Waals surface area contributed by atoms with E-state index in [2.05, 4.69) is 33.7 Å². The molecule has 0 spiro atoms. The van der Waals surface area contributed by atoms with Gasteiger partial charge in [-0.2, -0.15) is 0 Å². The molecule has 104 valence electrons. The molecule has 0 saturated heterocycles. The molecule has 0 radical (unpaired) electrons. The molecular formula is C15H17N3OS. The van der Waals surface area contributed by atoms with Gasteiger partial charge in [0.1, 0.15) is 10.0 Å². The lowest BCUT2D eigenvalue weighted by Crippen LogP contribution is -2.19. The van der Waals surface area contributed by atoms with Crippen LogP contribution in [0.3, 0.4) is 0 Å². The van der Waals surface area contributed by atoms with Gasteiger partial charge in [-0.1, -0.05) is 23.5 Å². The summed E-state index contributed by atoms with van der Waals surface area (Å²) < 4.78 is 5.45. The molecule has 1 N–H and O–H groups in total. The molecular weight excluding hydrogens is 270 g/mol. The van der Waals surface area contributed by atoms with E-state index in [1.165, 1.54) is 24.0 Å². The molecule has 1 aromatic carbocycles. The fourth-order valence-electron chi connectivity index (χ4n) is 2.45. The van der Waals surface area contributed by atoms with E-state index in [0.717, 1.165) is 47.8 Å². The highest BCUT2D eigenvalue weighted by Gasteiger charge is 2.20. The van der Waals surface area contributed by atoms with Crippen molar-refractivity contribution in [3.05, 3.63) is 34.3 Å². The first-order valence-electron chi connectivity index (χ1n) is 7.14. The van der Waals surface area contributed by atoms with Crippen molar-refractivity contribution in [2.24, 2.45) is 0 Å². The van der Waals surface area contributed by atoms with E-state index >= 15 is 0 Å². The van der Waals surface area contributed by atoms with Crippen LogP contribution >= 0.6 is 11.3 Å². The van der Waals surface area contributed by atoms with Gasteiger partial charge in [0.25, 0.3) is 0 Å². The van der Waals surface area contributed by atoms with Gasteiger partial charge in [0.05, 0.1) is 13.2 Å². The number of hydrogen-bond donors (Lipinski definition) is 1. The smallest absolute Gasteiger partial charge is 0.147 e. The number of ether oxygens (including phenoxy) is 1. The van der Waals surface area contributed by atoms with Crippen molar-refractivity contribution < 1.29 is 4.74 Å². The van der Waals surface area contributed by atoms with E-state index in [-0.39, 0.29) is 0 Å². The van der Waals surface area contributed by atoms with Crippen LogP contribution in [0.1, 0.15) is 29.0 Å². The van der Waals surface area contributed by atoms with Crippen molar-refractivity contribution in [3.63, 3.8) is 0 Å². The number of benzene rings is 1. The Labute approximate surface area is 122 Å². The predicted octanol–water partition coefficient (Wildman–Crippen LogP) is 2.53. The van der Waals surface area contributed by atoms with Crippen LogP contribution in [0.5, 0.6) is 0 Å². The molecule has 0 bridgehead atoms. The van der Waals surface area contributed by atoms with Crippen molar-refractivity contribution in [1.82, 2.24) is 15.5 Å². The number of hydrogen-bond acceptors (Lipinski definition) is 5. The van der Waals surface area contributed by atoms with Crippen LogP contribution in [0.2, 0.25) is 0 Å². The summed E-state index contributed by atoms with van der Waals surface area (Å²) in [5.74, 6) is 0. The van der Waals surface area contributed by atoms with Crippen LogP contribution in [-0.4, -0.2) is 22.8 Å². The fraction of sp³-hybridized carbons (Fsp3) is 0.467. The second-order valence-corrected chi connectivity index (χ2v) is 6.52. The molecule has 0 amide bonds. The molecule has 20 heavy (non-hydrogen) atoms. The van der Waals surface area contributed by atoms with E-state index in [0.29, 0.717) is 0 Å². The molecule has 4 rings (SSSR count). The van der Waals surface area contributed by atoms with E-state index in [1.54, 1.807) is 11.3 Å². The van der Waals surface area contributed by atoms with Crippen molar-refractivity contribution in [1.29, 1.82) is 0 Å². The quantitative estimate of drug-likeness (QED) is 0.918. The maximum Gasteiger partial charge on any atom is 0.147 e. The molecule has 5 heteroatoms. The Morgan fingerprint density at radius 1 is 1.20 bits per heavy atom. The normalized spacial score (nSPS) is 17.4. The Morgan fingerprint density at radius 2 is 2.10 bits per heavy atom. The first kappa shape index (κ1) is 12.4. The number of nitrogens with zero attached hydrogens (tertiary/aromatic N) is 2. The molecule has 2 aromatic rings. The minimum absolute atomic E-state index is 0.722. The van der Waals surface area contributed by atoms with Crippen LogP contribution in [0.4, 0.5) is 0 Å². The van der Waals surface area contributed by atoms with Gasteiger partial charge < -0.3 is 10.1 Å². The Balaban J connectivity index is 1.46. The second-order valence-electron chi connectivity index (χ2n) is 5.46. The lowest BCUT2D eigenvalue weighted by molar-refractivity contribution is 0.134. The highest BCUT2D eigenvalue weighted by atomic mass is 32.1.